The number of carbonyl (C=O) groups is 1. The van der Waals surface area contributed by atoms with E-state index in [4.69, 9.17) is 4.74 Å². The van der Waals surface area contributed by atoms with E-state index in [0.29, 0.717) is 12.5 Å². The lowest BCUT2D eigenvalue weighted by atomic mass is 10.1. The average molecular weight is 397 g/mol. The molecule has 0 fully saturated rings. The van der Waals surface area contributed by atoms with Crippen LogP contribution in [0.25, 0.3) is 0 Å². The Balaban J connectivity index is 2.06. The molecule has 6 nitrogen and oxygen atoms in total. The summed E-state index contributed by atoms with van der Waals surface area (Å²) in [5, 5.41) is 6.74. The fraction of sp³-hybridized carbons (Fsp3) is 0.391. The van der Waals surface area contributed by atoms with E-state index in [1.54, 1.807) is 26.1 Å². The summed E-state index contributed by atoms with van der Waals surface area (Å²) < 4.78 is 5.46. The van der Waals surface area contributed by atoms with Crippen molar-refractivity contribution in [3.05, 3.63) is 65.2 Å². The van der Waals surface area contributed by atoms with Gasteiger partial charge < -0.3 is 20.3 Å². The molecule has 0 bridgehead atoms. The highest BCUT2D eigenvalue weighted by Gasteiger charge is 2.10. The van der Waals surface area contributed by atoms with Crippen LogP contribution in [-0.2, 0) is 11.2 Å². The van der Waals surface area contributed by atoms with Gasteiger partial charge in [0.1, 0.15) is 12.3 Å². The van der Waals surface area contributed by atoms with Crippen molar-refractivity contribution < 1.29 is 9.53 Å². The summed E-state index contributed by atoms with van der Waals surface area (Å²) in [4.78, 5) is 18.0. The minimum absolute atomic E-state index is 0.0428. The normalized spacial score (nSPS) is 12.2. The van der Waals surface area contributed by atoms with Gasteiger partial charge in [-0.05, 0) is 37.5 Å². The minimum Gasteiger partial charge on any atom is -0.496 e. The van der Waals surface area contributed by atoms with Crippen LogP contribution in [0.3, 0.4) is 0 Å². The lowest BCUT2D eigenvalue weighted by molar-refractivity contribution is -0.127. The second kappa shape index (κ2) is 11.1. The van der Waals surface area contributed by atoms with Crippen molar-refractivity contribution in [2.75, 3.05) is 34.3 Å². The summed E-state index contributed by atoms with van der Waals surface area (Å²) in [6, 6.07) is 16.4. The van der Waals surface area contributed by atoms with Gasteiger partial charge in [0.15, 0.2) is 5.96 Å². The maximum atomic E-state index is 12.0. The fourth-order valence-corrected chi connectivity index (χ4v) is 2.89. The standard InChI is InChI=1S/C23H32N4O2/c1-17-11-12-21(29-5)20(15-17)13-14-24-23(25-16-22(28)27(3)4)26-18(2)19-9-7-6-8-10-19/h6-12,15,18H,13-14,16H2,1-5H3,(H2,24,25,26). The third-order valence-corrected chi connectivity index (χ3v) is 4.65. The van der Waals surface area contributed by atoms with E-state index in [1.165, 1.54) is 5.56 Å². The van der Waals surface area contributed by atoms with Gasteiger partial charge in [0.25, 0.3) is 0 Å². The number of amides is 1. The monoisotopic (exact) mass is 396 g/mol. The second-order valence-electron chi connectivity index (χ2n) is 7.22. The molecular formula is C23H32N4O2. The molecular weight excluding hydrogens is 364 g/mol. The van der Waals surface area contributed by atoms with Gasteiger partial charge >= 0.3 is 0 Å². The molecule has 29 heavy (non-hydrogen) atoms. The summed E-state index contributed by atoms with van der Waals surface area (Å²) in [5.74, 6) is 1.45. The lowest BCUT2D eigenvalue weighted by Gasteiger charge is -2.19. The van der Waals surface area contributed by atoms with E-state index >= 15 is 0 Å². The summed E-state index contributed by atoms with van der Waals surface area (Å²) in [6.45, 7) is 4.91. The fourth-order valence-electron chi connectivity index (χ4n) is 2.89. The Morgan fingerprint density at radius 2 is 1.90 bits per heavy atom. The number of nitrogens with one attached hydrogen (secondary N) is 2. The number of guanidine groups is 1. The van der Waals surface area contributed by atoms with Gasteiger partial charge in [0.2, 0.25) is 5.91 Å². The van der Waals surface area contributed by atoms with Crippen molar-refractivity contribution >= 4 is 11.9 Å². The molecule has 1 unspecified atom stereocenters. The van der Waals surface area contributed by atoms with E-state index in [0.717, 1.165) is 23.3 Å². The Morgan fingerprint density at radius 1 is 1.17 bits per heavy atom. The van der Waals surface area contributed by atoms with Crippen LogP contribution in [0.1, 0.15) is 29.7 Å². The number of aliphatic imine (C=N–C) groups is 1. The molecule has 2 aromatic carbocycles. The van der Waals surface area contributed by atoms with E-state index < -0.39 is 0 Å². The Hall–Kier alpha value is -3.02. The molecule has 0 aromatic heterocycles. The van der Waals surface area contributed by atoms with Crippen LogP contribution >= 0.6 is 0 Å². The molecule has 0 aliphatic heterocycles. The van der Waals surface area contributed by atoms with Crippen molar-refractivity contribution in [1.29, 1.82) is 0 Å². The zero-order valence-electron chi connectivity index (χ0n) is 18.0. The van der Waals surface area contributed by atoms with E-state index in [2.05, 4.69) is 47.7 Å². The molecule has 0 heterocycles. The highest BCUT2D eigenvalue weighted by Crippen LogP contribution is 2.19. The zero-order chi connectivity index (χ0) is 21.2. The number of carbonyl (C=O) groups excluding carboxylic acids is 1. The molecule has 0 spiro atoms. The predicted octanol–water partition coefficient (Wildman–Crippen LogP) is 2.93. The third kappa shape index (κ3) is 7.14. The first-order valence-corrected chi connectivity index (χ1v) is 9.84. The number of hydrogen-bond acceptors (Lipinski definition) is 3. The topological polar surface area (TPSA) is 66.0 Å². The van der Waals surface area contributed by atoms with E-state index in [9.17, 15) is 4.79 Å². The van der Waals surface area contributed by atoms with Gasteiger partial charge in [-0.15, -0.1) is 0 Å². The zero-order valence-corrected chi connectivity index (χ0v) is 18.0. The molecule has 2 N–H and O–H groups in total. The molecule has 0 aliphatic carbocycles. The number of ether oxygens (including phenoxy) is 1. The van der Waals surface area contributed by atoms with E-state index in [-0.39, 0.29) is 18.5 Å². The predicted molar refractivity (Wildman–Crippen MR) is 118 cm³/mol. The number of rotatable bonds is 8. The first-order chi connectivity index (χ1) is 13.9. The van der Waals surface area contributed by atoms with Crippen LogP contribution in [0.5, 0.6) is 5.75 Å². The lowest BCUT2D eigenvalue weighted by Crippen LogP contribution is -2.40. The van der Waals surface area contributed by atoms with Gasteiger partial charge in [-0.1, -0.05) is 48.0 Å². The molecule has 1 atom stereocenters. The maximum Gasteiger partial charge on any atom is 0.243 e. The number of nitrogens with zero attached hydrogens (tertiary/aromatic N) is 2. The first-order valence-electron chi connectivity index (χ1n) is 9.84. The molecule has 0 aliphatic rings. The van der Waals surface area contributed by atoms with Crippen LogP contribution in [0.15, 0.2) is 53.5 Å². The van der Waals surface area contributed by atoms with Crippen LogP contribution < -0.4 is 15.4 Å². The van der Waals surface area contributed by atoms with Crippen LogP contribution in [-0.4, -0.2) is 51.1 Å². The average Bonchev–Trinajstić information content (AvgIpc) is 2.72. The largest absolute Gasteiger partial charge is 0.496 e. The van der Waals surface area contributed by atoms with Gasteiger partial charge in [0.05, 0.1) is 13.2 Å². The van der Waals surface area contributed by atoms with Crippen LogP contribution in [0.4, 0.5) is 0 Å². The van der Waals surface area contributed by atoms with Crippen molar-refractivity contribution in [3.8, 4) is 5.75 Å². The Kier molecular flexibility index (Phi) is 8.52. The molecule has 1 amide bonds. The molecule has 0 saturated carbocycles. The molecule has 2 rings (SSSR count). The Labute approximate surface area is 174 Å². The first kappa shape index (κ1) is 22.3. The molecule has 2 aromatic rings. The number of hydrogen-bond donors (Lipinski definition) is 2. The Bertz CT molecular complexity index is 819. The quantitative estimate of drug-likeness (QED) is 0.532. The summed E-state index contributed by atoms with van der Waals surface area (Å²) in [5.41, 5.74) is 3.49. The number of aryl methyl sites for hydroxylation is 1. The van der Waals surface area contributed by atoms with Crippen LogP contribution in [0, 0.1) is 6.92 Å². The highest BCUT2D eigenvalue weighted by molar-refractivity contribution is 5.85. The SMILES string of the molecule is COc1ccc(C)cc1CCNC(=NCC(=O)N(C)C)NC(C)c1ccccc1. The van der Waals surface area contributed by atoms with Crippen molar-refractivity contribution in [2.24, 2.45) is 4.99 Å². The minimum atomic E-state index is -0.0428. The summed E-state index contributed by atoms with van der Waals surface area (Å²) >= 11 is 0. The van der Waals surface area contributed by atoms with Gasteiger partial charge in [-0.2, -0.15) is 0 Å². The van der Waals surface area contributed by atoms with Crippen LogP contribution in [0.2, 0.25) is 0 Å². The second-order valence-corrected chi connectivity index (χ2v) is 7.22. The number of benzene rings is 2. The van der Waals surface area contributed by atoms with Gasteiger partial charge in [0, 0.05) is 20.6 Å². The van der Waals surface area contributed by atoms with Crippen molar-refractivity contribution in [1.82, 2.24) is 15.5 Å². The highest BCUT2D eigenvalue weighted by atomic mass is 16.5. The molecule has 0 saturated heterocycles. The van der Waals surface area contributed by atoms with Crippen molar-refractivity contribution in [2.45, 2.75) is 26.3 Å². The number of likely N-dealkylation sites (N-methyl/N-ethyl adjacent to an activating group) is 1. The number of methoxy groups -OCH3 is 1. The Morgan fingerprint density at radius 3 is 2.55 bits per heavy atom. The summed E-state index contributed by atoms with van der Waals surface area (Å²) in [6.07, 6.45) is 0.785. The van der Waals surface area contributed by atoms with Gasteiger partial charge in [-0.25, -0.2) is 4.99 Å². The van der Waals surface area contributed by atoms with Crippen molar-refractivity contribution in [3.63, 3.8) is 0 Å². The molecule has 0 radical (unpaired) electrons. The smallest absolute Gasteiger partial charge is 0.243 e. The van der Waals surface area contributed by atoms with Gasteiger partial charge in [-0.3, -0.25) is 4.79 Å². The summed E-state index contributed by atoms with van der Waals surface area (Å²) in [7, 11) is 5.15. The van der Waals surface area contributed by atoms with E-state index in [1.807, 2.05) is 30.3 Å². The molecule has 6 heteroatoms. The maximum absolute atomic E-state index is 12.0. The third-order valence-electron chi connectivity index (χ3n) is 4.65. The molecule has 156 valence electrons.